The molecule has 0 fully saturated rings. The molecule has 2 aliphatic carbocycles. The van der Waals surface area contributed by atoms with Crippen LogP contribution in [-0.2, 0) is 21.7 Å². The molecule has 10 aromatic carbocycles. The quantitative estimate of drug-likeness (QED) is 0.161. The van der Waals surface area contributed by atoms with Crippen LogP contribution < -0.4 is 0 Å². The number of pyridine rings is 1. The Balaban J connectivity index is 1.16. The van der Waals surface area contributed by atoms with Gasteiger partial charge in [0.2, 0.25) is 0 Å². The lowest BCUT2D eigenvalue weighted by Crippen LogP contribution is -2.17. The summed E-state index contributed by atoms with van der Waals surface area (Å²) in [6, 6.07) is 61.5. The van der Waals surface area contributed by atoms with Gasteiger partial charge in [-0.25, -0.2) is 0 Å². The van der Waals surface area contributed by atoms with Gasteiger partial charge < -0.3 is 0 Å². The predicted octanol–water partition coefficient (Wildman–Crippen LogP) is 20.3. The third-order valence-electron chi connectivity index (χ3n) is 16.3. The smallest absolute Gasteiger partial charge is 0.0787 e. The maximum Gasteiger partial charge on any atom is 0.0787 e. The molecule has 72 heavy (non-hydrogen) atoms. The van der Waals surface area contributed by atoms with E-state index in [9.17, 15) is 0 Å². The minimum atomic E-state index is -0.0424. The fourth-order valence-corrected chi connectivity index (χ4v) is 12.4. The van der Waals surface area contributed by atoms with Gasteiger partial charge in [0.15, 0.2) is 0 Å². The van der Waals surface area contributed by atoms with Crippen molar-refractivity contribution >= 4 is 53.9 Å². The van der Waals surface area contributed by atoms with Crippen LogP contribution in [0.25, 0.3) is 132 Å². The van der Waals surface area contributed by atoms with Crippen molar-refractivity contribution < 1.29 is 0 Å². The maximum atomic E-state index is 4.95. The number of hydrogen-bond acceptors (Lipinski definition) is 1. The number of nitrogens with zero attached hydrogens (tertiary/aromatic N) is 1. The molecule has 1 nitrogen and oxygen atoms in total. The zero-order valence-corrected chi connectivity index (χ0v) is 44.0. The Morgan fingerprint density at radius 2 is 0.681 bits per heavy atom. The van der Waals surface area contributed by atoms with Crippen molar-refractivity contribution in [2.75, 3.05) is 0 Å². The topological polar surface area (TPSA) is 12.9 Å². The number of fused-ring (bicyclic) bond motifs is 11. The fourth-order valence-electron chi connectivity index (χ4n) is 12.4. The number of benzene rings is 10. The SMILES string of the molecule is CC(C)(C)c1cc(-c2c3c(c(-c4cc(C(C)(C)C)cc(C(C)(C)C)c4)c4ccccc24)-c2ccc(-c4cc5c6cccc7c6c(cc5c5ccccc45)-c4ncccc4-7)c4cccc-3c24)cc(C(C)(C)C)c1. The summed E-state index contributed by atoms with van der Waals surface area (Å²) >= 11 is 0. The molecule has 0 bridgehead atoms. The van der Waals surface area contributed by atoms with Crippen LogP contribution in [0, 0.1) is 0 Å². The van der Waals surface area contributed by atoms with Crippen molar-refractivity contribution in [1.29, 1.82) is 0 Å². The highest BCUT2D eigenvalue weighted by Gasteiger charge is 2.34. The van der Waals surface area contributed by atoms with Crippen LogP contribution in [0.15, 0.2) is 164 Å². The van der Waals surface area contributed by atoms with Crippen molar-refractivity contribution in [3.05, 3.63) is 186 Å². The van der Waals surface area contributed by atoms with E-state index in [1.165, 1.54) is 148 Å². The lowest BCUT2D eigenvalue weighted by Gasteiger charge is -2.29. The molecule has 352 valence electrons. The van der Waals surface area contributed by atoms with Crippen molar-refractivity contribution in [1.82, 2.24) is 4.98 Å². The largest absolute Gasteiger partial charge is 0.256 e. The Kier molecular flexibility index (Phi) is 9.35. The molecule has 11 aromatic rings. The molecule has 0 saturated heterocycles. The van der Waals surface area contributed by atoms with E-state index in [-0.39, 0.29) is 21.7 Å². The highest BCUT2D eigenvalue weighted by Crippen LogP contribution is 2.60. The summed E-state index contributed by atoms with van der Waals surface area (Å²) in [5.41, 5.74) is 23.1. The molecule has 2 aliphatic rings. The van der Waals surface area contributed by atoms with Crippen molar-refractivity contribution in [3.8, 4) is 78.0 Å². The molecule has 0 N–H and O–H groups in total. The molecule has 0 spiro atoms. The Morgan fingerprint density at radius 3 is 1.24 bits per heavy atom. The van der Waals surface area contributed by atoms with E-state index in [0.29, 0.717) is 0 Å². The van der Waals surface area contributed by atoms with E-state index in [1.807, 2.05) is 6.20 Å². The van der Waals surface area contributed by atoms with Gasteiger partial charge in [0, 0.05) is 17.3 Å². The highest BCUT2D eigenvalue weighted by molar-refractivity contribution is 6.32. The minimum Gasteiger partial charge on any atom is -0.256 e. The zero-order chi connectivity index (χ0) is 50.0. The van der Waals surface area contributed by atoms with E-state index in [2.05, 4.69) is 241 Å². The van der Waals surface area contributed by atoms with Crippen LogP contribution in [0.5, 0.6) is 0 Å². The van der Waals surface area contributed by atoms with Gasteiger partial charge in [-0.1, -0.05) is 223 Å². The van der Waals surface area contributed by atoms with Gasteiger partial charge in [-0.15, -0.1) is 0 Å². The first-order valence-corrected chi connectivity index (χ1v) is 26.1. The van der Waals surface area contributed by atoms with Gasteiger partial charge >= 0.3 is 0 Å². The van der Waals surface area contributed by atoms with E-state index in [1.54, 1.807) is 0 Å². The van der Waals surface area contributed by atoms with Gasteiger partial charge in [0.05, 0.1) is 5.69 Å². The van der Waals surface area contributed by atoms with Gasteiger partial charge in [0.1, 0.15) is 0 Å². The van der Waals surface area contributed by atoms with E-state index in [0.717, 1.165) is 5.69 Å². The number of aromatic nitrogens is 1. The summed E-state index contributed by atoms with van der Waals surface area (Å²) in [4.78, 5) is 4.95. The molecule has 0 saturated carbocycles. The second-order valence-corrected chi connectivity index (χ2v) is 25.1. The van der Waals surface area contributed by atoms with Crippen LogP contribution in [-0.4, -0.2) is 4.98 Å². The van der Waals surface area contributed by atoms with Crippen LogP contribution in [0.4, 0.5) is 0 Å². The van der Waals surface area contributed by atoms with Gasteiger partial charge in [-0.3, -0.25) is 4.98 Å². The predicted molar refractivity (Wildman–Crippen MR) is 312 cm³/mol. The van der Waals surface area contributed by atoms with Crippen LogP contribution in [0.2, 0.25) is 0 Å². The molecule has 13 rings (SSSR count). The summed E-state index contributed by atoms with van der Waals surface area (Å²) in [7, 11) is 0. The Bertz CT molecular complexity index is 3970. The second-order valence-electron chi connectivity index (χ2n) is 25.1. The lowest BCUT2D eigenvalue weighted by atomic mass is 9.75. The molecule has 0 amide bonds. The first kappa shape index (κ1) is 44.6. The van der Waals surface area contributed by atoms with Crippen molar-refractivity contribution in [3.63, 3.8) is 0 Å². The maximum absolute atomic E-state index is 4.95. The van der Waals surface area contributed by atoms with Crippen LogP contribution >= 0.6 is 0 Å². The monoisotopic (exact) mass is 929 g/mol. The first-order chi connectivity index (χ1) is 34.3. The zero-order valence-electron chi connectivity index (χ0n) is 44.0. The van der Waals surface area contributed by atoms with Gasteiger partial charge in [0.25, 0.3) is 0 Å². The summed E-state index contributed by atoms with van der Waals surface area (Å²) in [5, 5.41) is 12.9. The summed E-state index contributed by atoms with van der Waals surface area (Å²) in [6.45, 7) is 28.3. The fraction of sp³-hybridized carbons (Fsp3) is 0.225. The Morgan fingerprint density at radius 1 is 0.264 bits per heavy atom. The molecular formula is C71H63N. The molecule has 1 heteroatoms. The molecule has 1 heterocycles. The first-order valence-electron chi connectivity index (χ1n) is 26.1. The average Bonchev–Trinajstić information content (AvgIpc) is 3.85. The Labute approximate surface area is 425 Å². The normalized spacial score (nSPS) is 13.3. The average molecular weight is 930 g/mol. The summed E-state index contributed by atoms with van der Waals surface area (Å²) < 4.78 is 0. The molecule has 0 atom stereocenters. The van der Waals surface area contributed by atoms with Crippen molar-refractivity contribution in [2.24, 2.45) is 0 Å². The molecular weight excluding hydrogens is 867 g/mol. The van der Waals surface area contributed by atoms with E-state index >= 15 is 0 Å². The van der Waals surface area contributed by atoms with Gasteiger partial charge in [-0.2, -0.15) is 0 Å². The highest BCUT2D eigenvalue weighted by atomic mass is 14.7. The van der Waals surface area contributed by atoms with Crippen LogP contribution in [0.1, 0.15) is 105 Å². The van der Waals surface area contributed by atoms with Gasteiger partial charge in [-0.05, 0) is 177 Å². The minimum absolute atomic E-state index is 0.0424. The summed E-state index contributed by atoms with van der Waals surface area (Å²) in [5.74, 6) is 0. The third kappa shape index (κ3) is 6.55. The number of rotatable bonds is 3. The van der Waals surface area contributed by atoms with E-state index < -0.39 is 0 Å². The third-order valence-corrected chi connectivity index (χ3v) is 16.3. The molecule has 0 unspecified atom stereocenters. The van der Waals surface area contributed by atoms with Crippen LogP contribution in [0.3, 0.4) is 0 Å². The van der Waals surface area contributed by atoms with Crippen molar-refractivity contribution in [2.45, 2.75) is 105 Å². The Hall–Kier alpha value is -7.35. The van der Waals surface area contributed by atoms with E-state index in [4.69, 9.17) is 4.98 Å². The summed E-state index contributed by atoms with van der Waals surface area (Å²) in [6.07, 6.45) is 1.93. The molecule has 1 aromatic heterocycles. The standard InChI is InChI=1S/C71H63N/c1-68(2,3)42-32-40(33-43(36-42)69(4,5)6)61-50-22-15-16-23-51(50)62(41-34-44(70(7,8)9)37-45(35-41)71(10,11)12)66-56-30-29-48(49-24-18-27-55(64(49)56)65(61)66)57-38-59-53-26-17-25-52-54-28-19-31-72-67(54)60(63(52)53)39-58(59)47-21-14-13-20-46(47)57/h13-39H,1-12H3. The molecule has 0 aliphatic heterocycles. The lowest BCUT2D eigenvalue weighted by molar-refractivity contribution is 0.568. The second kappa shape index (κ2) is 15.1. The molecule has 0 radical (unpaired) electrons. The number of hydrogen-bond donors (Lipinski definition) is 0.